The summed E-state index contributed by atoms with van der Waals surface area (Å²) in [6.07, 6.45) is 2.71. The van der Waals surface area contributed by atoms with Gasteiger partial charge in [0.15, 0.2) is 5.16 Å². The number of hydrogen-bond donors (Lipinski definition) is 1. The first-order valence-corrected chi connectivity index (χ1v) is 11.5. The van der Waals surface area contributed by atoms with E-state index in [0.717, 1.165) is 33.5 Å². The first-order valence-electron chi connectivity index (χ1n) is 10.6. The second-order valence-corrected chi connectivity index (χ2v) is 8.86. The number of aryl methyl sites for hydroxylation is 3. The normalized spacial score (nSPS) is 11.0. The molecule has 0 spiro atoms. The lowest BCUT2D eigenvalue weighted by Gasteiger charge is -2.12. The number of hydrogen-bond acceptors (Lipinski definition) is 4. The van der Waals surface area contributed by atoms with E-state index in [9.17, 15) is 4.79 Å². The van der Waals surface area contributed by atoms with Gasteiger partial charge in [0.25, 0.3) is 0 Å². The molecule has 164 valence electrons. The molecule has 0 saturated carbocycles. The summed E-state index contributed by atoms with van der Waals surface area (Å²) in [5, 5.41) is 12.6. The number of anilines is 1. The lowest BCUT2D eigenvalue weighted by molar-refractivity contribution is -0.113. The first kappa shape index (κ1) is 21.9. The summed E-state index contributed by atoms with van der Waals surface area (Å²) in [6.45, 7) is 4.67. The van der Waals surface area contributed by atoms with Gasteiger partial charge in [-0.15, -0.1) is 10.2 Å². The molecule has 0 bridgehead atoms. The Morgan fingerprint density at radius 2 is 1.84 bits per heavy atom. The average Bonchev–Trinajstić information content (AvgIpc) is 3.36. The highest BCUT2D eigenvalue weighted by atomic mass is 32.2. The summed E-state index contributed by atoms with van der Waals surface area (Å²) >= 11 is 1.41. The molecule has 0 atom stereocenters. The maximum absolute atomic E-state index is 12.6. The number of aromatic nitrogens is 4. The Bertz CT molecular complexity index is 1210. The van der Waals surface area contributed by atoms with E-state index < -0.39 is 0 Å². The van der Waals surface area contributed by atoms with Crippen LogP contribution in [0.2, 0.25) is 0 Å². The number of carbonyl (C=O) groups is 1. The van der Waals surface area contributed by atoms with E-state index in [1.54, 1.807) is 0 Å². The second kappa shape index (κ2) is 9.87. The summed E-state index contributed by atoms with van der Waals surface area (Å²) in [7, 11) is 2.03. The highest BCUT2D eigenvalue weighted by Crippen LogP contribution is 2.22. The van der Waals surface area contributed by atoms with Gasteiger partial charge in [-0.1, -0.05) is 54.2 Å². The molecule has 1 N–H and O–H groups in total. The van der Waals surface area contributed by atoms with Crippen molar-refractivity contribution < 1.29 is 4.79 Å². The smallest absolute Gasteiger partial charge is 0.234 e. The fourth-order valence-corrected chi connectivity index (χ4v) is 4.27. The highest BCUT2D eigenvalue weighted by Gasteiger charge is 2.16. The molecule has 2 aromatic heterocycles. The van der Waals surface area contributed by atoms with Crippen LogP contribution in [0.1, 0.15) is 28.2 Å². The fourth-order valence-electron chi connectivity index (χ4n) is 3.51. The van der Waals surface area contributed by atoms with Gasteiger partial charge < -0.3 is 14.5 Å². The van der Waals surface area contributed by atoms with Crippen LogP contribution >= 0.6 is 11.8 Å². The van der Waals surface area contributed by atoms with Gasteiger partial charge in [0.2, 0.25) is 5.91 Å². The van der Waals surface area contributed by atoms with Crippen LogP contribution in [0.25, 0.3) is 0 Å². The van der Waals surface area contributed by atoms with E-state index in [-0.39, 0.29) is 11.7 Å². The van der Waals surface area contributed by atoms with E-state index in [0.29, 0.717) is 13.0 Å². The number of benzene rings is 2. The van der Waals surface area contributed by atoms with E-state index >= 15 is 0 Å². The Morgan fingerprint density at radius 3 is 2.59 bits per heavy atom. The van der Waals surface area contributed by atoms with Gasteiger partial charge in [-0.25, -0.2) is 0 Å². The van der Waals surface area contributed by atoms with Crippen molar-refractivity contribution in [3.05, 3.63) is 95.1 Å². The maximum atomic E-state index is 12.6. The summed E-state index contributed by atoms with van der Waals surface area (Å²) in [5.74, 6) is 1.10. The zero-order valence-corrected chi connectivity index (χ0v) is 19.4. The molecule has 32 heavy (non-hydrogen) atoms. The number of nitrogens with one attached hydrogen (secondary N) is 1. The van der Waals surface area contributed by atoms with Crippen LogP contribution in [-0.4, -0.2) is 31.0 Å². The van der Waals surface area contributed by atoms with E-state index in [1.165, 1.54) is 17.3 Å². The number of nitrogens with zero attached hydrogens (tertiary/aromatic N) is 4. The molecule has 6 nitrogen and oxygen atoms in total. The van der Waals surface area contributed by atoms with Crippen LogP contribution in [0.5, 0.6) is 0 Å². The lowest BCUT2D eigenvalue weighted by atomic mass is 10.1. The van der Waals surface area contributed by atoms with Crippen molar-refractivity contribution >= 4 is 23.4 Å². The Hall–Kier alpha value is -3.32. The summed E-state index contributed by atoms with van der Waals surface area (Å²) in [6, 6.07) is 20.4. The van der Waals surface area contributed by atoms with E-state index in [4.69, 9.17) is 0 Å². The highest BCUT2D eigenvalue weighted by molar-refractivity contribution is 7.99. The molecule has 1 amide bonds. The Labute approximate surface area is 192 Å². The molecule has 4 rings (SSSR count). The molecular formula is C25H27N5OS. The Morgan fingerprint density at radius 1 is 1.03 bits per heavy atom. The number of thioether (sulfide) groups is 1. The maximum Gasteiger partial charge on any atom is 0.234 e. The van der Waals surface area contributed by atoms with Crippen molar-refractivity contribution in [3.8, 4) is 0 Å². The van der Waals surface area contributed by atoms with E-state index in [1.807, 2.05) is 69.6 Å². The minimum atomic E-state index is -0.0538. The van der Waals surface area contributed by atoms with Crippen molar-refractivity contribution in [3.63, 3.8) is 0 Å². The van der Waals surface area contributed by atoms with Crippen molar-refractivity contribution in [2.24, 2.45) is 7.05 Å². The van der Waals surface area contributed by atoms with Gasteiger partial charge in [-0.3, -0.25) is 4.79 Å². The van der Waals surface area contributed by atoms with Gasteiger partial charge in [0.05, 0.1) is 12.3 Å². The zero-order valence-electron chi connectivity index (χ0n) is 18.6. The third-order valence-electron chi connectivity index (χ3n) is 5.37. The van der Waals surface area contributed by atoms with Crippen molar-refractivity contribution in [2.45, 2.75) is 32.0 Å². The SMILES string of the molecule is Cc1ccc(C)c(NC(=O)CSc2nnc(Cc3cccn3C)n2Cc2ccccc2)c1. The standard InChI is InChI=1S/C25H27N5OS/c1-18-11-12-19(2)22(14-18)26-24(31)17-32-25-28-27-23(15-21-10-7-13-29(21)3)30(25)16-20-8-5-4-6-9-20/h4-14H,15-17H2,1-3H3,(H,26,31). The van der Waals surface area contributed by atoms with Crippen LogP contribution in [0.4, 0.5) is 5.69 Å². The number of amides is 1. The van der Waals surface area contributed by atoms with E-state index in [2.05, 4.69) is 42.8 Å². The van der Waals surface area contributed by atoms with Crippen LogP contribution in [0.3, 0.4) is 0 Å². The van der Waals surface area contributed by atoms with Crippen LogP contribution in [-0.2, 0) is 24.8 Å². The monoisotopic (exact) mass is 445 g/mol. The van der Waals surface area contributed by atoms with Gasteiger partial charge in [0.1, 0.15) is 5.82 Å². The van der Waals surface area contributed by atoms with Gasteiger partial charge >= 0.3 is 0 Å². The second-order valence-electron chi connectivity index (χ2n) is 7.91. The number of rotatable bonds is 8. The molecule has 0 aliphatic heterocycles. The third kappa shape index (κ3) is 5.29. The minimum Gasteiger partial charge on any atom is -0.354 e. The largest absolute Gasteiger partial charge is 0.354 e. The summed E-state index contributed by atoms with van der Waals surface area (Å²) in [5.41, 5.74) is 5.35. The topological polar surface area (TPSA) is 64.7 Å². The predicted octanol–water partition coefficient (Wildman–Crippen LogP) is 4.60. The van der Waals surface area contributed by atoms with Gasteiger partial charge in [0, 0.05) is 31.0 Å². The van der Waals surface area contributed by atoms with Crippen molar-refractivity contribution in [1.82, 2.24) is 19.3 Å². The quantitative estimate of drug-likeness (QED) is 0.403. The number of carbonyl (C=O) groups excluding carboxylic acids is 1. The van der Waals surface area contributed by atoms with Crippen LogP contribution < -0.4 is 5.32 Å². The molecule has 2 heterocycles. The molecule has 0 fully saturated rings. The first-order chi connectivity index (χ1) is 15.5. The molecule has 0 aliphatic carbocycles. The molecule has 0 aliphatic rings. The molecule has 4 aromatic rings. The molecule has 0 radical (unpaired) electrons. The van der Waals surface area contributed by atoms with Crippen LogP contribution in [0.15, 0.2) is 72.0 Å². The zero-order chi connectivity index (χ0) is 22.5. The Kier molecular flexibility index (Phi) is 6.75. The third-order valence-corrected chi connectivity index (χ3v) is 6.33. The van der Waals surface area contributed by atoms with Gasteiger partial charge in [-0.2, -0.15) is 0 Å². The molecule has 0 saturated heterocycles. The average molecular weight is 446 g/mol. The summed E-state index contributed by atoms with van der Waals surface area (Å²) < 4.78 is 4.20. The molecule has 2 aromatic carbocycles. The van der Waals surface area contributed by atoms with Crippen molar-refractivity contribution in [1.29, 1.82) is 0 Å². The summed E-state index contributed by atoms with van der Waals surface area (Å²) in [4.78, 5) is 12.6. The lowest BCUT2D eigenvalue weighted by Crippen LogP contribution is -2.16. The molecule has 0 unspecified atom stereocenters. The van der Waals surface area contributed by atoms with Crippen molar-refractivity contribution in [2.75, 3.05) is 11.1 Å². The molecule has 7 heteroatoms. The fraction of sp³-hybridized carbons (Fsp3) is 0.240. The minimum absolute atomic E-state index is 0.0538. The van der Waals surface area contributed by atoms with Crippen LogP contribution in [0, 0.1) is 13.8 Å². The Balaban J connectivity index is 1.51. The van der Waals surface area contributed by atoms with Gasteiger partial charge in [-0.05, 0) is 48.7 Å². The molecular weight excluding hydrogens is 418 g/mol. The predicted molar refractivity (Wildman–Crippen MR) is 129 cm³/mol.